The zero-order chi connectivity index (χ0) is 22.6. The highest BCUT2D eigenvalue weighted by Gasteiger charge is 2.29. The van der Waals surface area contributed by atoms with Gasteiger partial charge < -0.3 is 10.6 Å². The van der Waals surface area contributed by atoms with E-state index < -0.39 is 6.04 Å². The van der Waals surface area contributed by atoms with Crippen molar-refractivity contribution in [1.82, 2.24) is 0 Å². The third-order valence-electron chi connectivity index (χ3n) is 5.74. The number of carbonyl (C=O) groups excluding carboxylic acids is 2. The van der Waals surface area contributed by atoms with Gasteiger partial charge in [-0.25, -0.2) is 0 Å². The lowest BCUT2D eigenvalue weighted by Gasteiger charge is -2.25. The second-order valence-corrected chi connectivity index (χ2v) is 10.4. The molecule has 1 amide bonds. The number of amides is 1. The Balaban J connectivity index is 0.00000363. The number of Topliss-reactive ketones (excluding diaryl/α,β-unsaturated/α-hetero) is 1. The molecule has 0 bridgehead atoms. The second kappa shape index (κ2) is 11.4. The molecule has 0 radical (unpaired) electrons. The summed E-state index contributed by atoms with van der Waals surface area (Å²) in [5.41, 5.74) is 10.0. The van der Waals surface area contributed by atoms with Gasteiger partial charge in [0.1, 0.15) is 0 Å². The number of rotatable bonds is 7. The minimum atomic E-state index is -0.560. The van der Waals surface area contributed by atoms with Gasteiger partial charge in [-0.15, -0.1) is 24.2 Å². The number of ketones is 1. The molecule has 2 N–H and O–H groups in total. The van der Waals surface area contributed by atoms with Crippen molar-refractivity contribution in [2.45, 2.75) is 76.3 Å². The van der Waals surface area contributed by atoms with Gasteiger partial charge in [0.05, 0.1) is 18.3 Å². The van der Waals surface area contributed by atoms with Gasteiger partial charge in [0.15, 0.2) is 5.78 Å². The Bertz CT molecular complexity index is 938. The van der Waals surface area contributed by atoms with E-state index in [4.69, 9.17) is 5.73 Å². The van der Waals surface area contributed by atoms with Crippen molar-refractivity contribution in [3.8, 4) is 0 Å². The van der Waals surface area contributed by atoms with E-state index >= 15 is 0 Å². The van der Waals surface area contributed by atoms with E-state index in [1.54, 1.807) is 16.7 Å². The zero-order valence-corrected chi connectivity index (χ0v) is 21.2. The summed E-state index contributed by atoms with van der Waals surface area (Å²) in [4.78, 5) is 28.6. The van der Waals surface area contributed by atoms with Crippen LogP contribution in [0.3, 0.4) is 0 Å². The van der Waals surface area contributed by atoms with E-state index in [1.807, 2.05) is 18.2 Å². The van der Waals surface area contributed by atoms with E-state index in [-0.39, 0.29) is 29.5 Å². The lowest BCUT2D eigenvalue weighted by atomic mass is 9.87. The van der Waals surface area contributed by atoms with Crippen molar-refractivity contribution in [2.24, 2.45) is 5.73 Å². The molecule has 6 heteroatoms. The first-order valence-corrected chi connectivity index (χ1v) is 12.2. The summed E-state index contributed by atoms with van der Waals surface area (Å²) in [6.45, 7) is 9.13. The van der Waals surface area contributed by atoms with Crippen molar-refractivity contribution in [1.29, 1.82) is 0 Å². The molecule has 2 aromatic rings. The van der Waals surface area contributed by atoms with Gasteiger partial charge in [0.25, 0.3) is 0 Å². The van der Waals surface area contributed by atoms with Crippen LogP contribution in [0, 0.1) is 0 Å². The van der Waals surface area contributed by atoms with E-state index in [1.165, 1.54) is 5.56 Å². The molecule has 0 aliphatic carbocycles. The van der Waals surface area contributed by atoms with Gasteiger partial charge in [0.2, 0.25) is 5.91 Å². The molecule has 1 heterocycles. The maximum Gasteiger partial charge on any atom is 0.245 e. The highest BCUT2D eigenvalue weighted by Crippen LogP contribution is 2.36. The summed E-state index contributed by atoms with van der Waals surface area (Å²) in [6.07, 6.45) is 3.58. The number of fused-ring (bicyclic) bond motifs is 1. The van der Waals surface area contributed by atoms with Gasteiger partial charge in [-0.2, -0.15) is 0 Å². The van der Waals surface area contributed by atoms with Crippen molar-refractivity contribution < 1.29 is 9.59 Å². The van der Waals surface area contributed by atoms with Crippen LogP contribution in [-0.2, 0) is 16.8 Å². The summed E-state index contributed by atoms with van der Waals surface area (Å²) in [5.74, 6) is 0.577. The smallest absolute Gasteiger partial charge is 0.245 e. The maximum atomic E-state index is 13.1. The Kier molecular flexibility index (Phi) is 9.38. The monoisotopic (exact) mass is 474 g/mol. The number of thioether (sulfide) groups is 1. The first-order valence-electron chi connectivity index (χ1n) is 11.2. The molecule has 1 aliphatic heterocycles. The van der Waals surface area contributed by atoms with Gasteiger partial charge in [-0.1, -0.05) is 70.9 Å². The largest absolute Gasteiger partial charge is 0.319 e. The van der Waals surface area contributed by atoms with Crippen LogP contribution in [0.4, 0.5) is 5.69 Å². The summed E-state index contributed by atoms with van der Waals surface area (Å²) in [5, 5.41) is 0. The van der Waals surface area contributed by atoms with Crippen molar-refractivity contribution in [3.05, 3.63) is 59.2 Å². The van der Waals surface area contributed by atoms with Crippen LogP contribution in [0.1, 0.15) is 74.9 Å². The van der Waals surface area contributed by atoms with Crippen LogP contribution < -0.4 is 10.6 Å². The fraction of sp³-hybridized carbons (Fsp3) is 0.462. The Morgan fingerprint density at radius 2 is 1.81 bits per heavy atom. The highest BCUT2D eigenvalue weighted by molar-refractivity contribution is 7.99. The minimum absolute atomic E-state index is 0. The van der Waals surface area contributed by atoms with Crippen LogP contribution in [0.5, 0.6) is 0 Å². The van der Waals surface area contributed by atoms with Gasteiger partial charge in [-0.05, 0) is 35.1 Å². The highest BCUT2D eigenvalue weighted by atomic mass is 35.5. The molecule has 0 aromatic heterocycles. The molecule has 0 fully saturated rings. The van der Waals surface area contributed by atoms with Crippen molar-refractivity contribution >= 4 is 41.5 Å². The molecule has 0 saturated carbocycles. The number of hydrogen-bond acceptors (Lipinski definition) is 4. The van der Waals surface area contributed by atoms with E-state index in [2.05, 4.69) is 52.0 Å². The molecule has 0 saturated heterocycles. The maximum absolute atomic E-state index is 13.1. The molecule has 32 heavy (non-hydrogen) atoms. The molecule has 0 spiro atoms. The fourth-order valence-electron chi connectivity index (χ4n) is 3.73. The van der Waals surface area contributed by atoms with Crippen LogP contribution >= 0.6 is 24.2 Å². The third kappa shape index (κ3) is 6.37. The summed E-state index contributed by atoms with van der Waals surface area (Å²) in [7, 11) is 0. The number of unbranched alkanes of at least 4 members (excludes halogenated alkanes) is 2. The van der Waals surface area contributed by atoms with Crippen LogP contribution in [0.25, 0.3) is 0 Å². The van der Waals surface area contributed by atoms with Crippen LogP contribution in [0.15, 0.2) is 47.4 Å². The summed E-state index contributed by atoms with van der Waals surface area (Å²) < 4.78 is 0. The third-order valence-corrected chi connectivity index (χ3v) is 6.92. The number of halogens is 1. The molecule has 1 atom stereocenters. The number of benzene rings is 2. The fourth-order valence-corrected chi connectivity index (χ4v) is 4.71. The van der Waals surface area contributed by atoms with Gasteiger partial charge in [0, 0.05) is 22.6 Å². The molecular formula is C26H35ClN2O2S. The summed E-state index contributed by atoms with van der Waals surface area (Å²) >= 11 is 1.58. The minimum Gasteiger partial charge on any atom is -0.319 e. The standard InChI is InChI=1S/C26H34N2O2S.ClH/c1-5-6-7-8-23(29)19-11-14-24-22(15-19)28(25(30)21(27)17-31-24)16-18-9-12-20(13-10-18)26(2,3)4;/h9-15,21H,5-8,16-17,27H2,1-4H3;1H/t21-;/m0./s1. The average Bonchev–Trinajstić information content (AvgIpc) is 2.85. The number of anilines is 1. The van der Waals surface area contributed by atoms with E-state index in [0.29, 0.717) is 24.3 Å². The lowest BCUT2D eigenvalue weighted by Crippen LogP contribution is -2.44. The Morgan fingerprint density at radius 1 is 1.12 bits per heavy atom. The van der Waals surface area contributed by atoms with E-state index in [9.17, 15) is 9.59 Å². The number of nitrogens with two attached hydrogens (primary N) is 1. The Labute approximate surface area is 202 Å². The lowest BCUT2D eigenvalue weighted by molar-refractivity contribution is -0.119. The molecule has 1 aliphatic rings. The van der Waals surface area contributed by atoms with Crippen LogP contribution in [0.2, 0.25) is 0 Å². The normalized spacial score (nSPS) is 16.2. The van der Waals surface area contributed by atoms with Crippen molar-refractivity contribution in [2.75, 3.05) is 10.7 Å². The van der Waals surface area contributed by atoms with E-state index in [0.717, 1.165) is 35.4 Å². The zero-order valence-electron chi connectivity index (χ0n) is 19.5. The molecular weight excluding hydrogens is 440 g/mol. The quantitative estimate of drug-likeness (QED) is 0.387. The SMILES string of the molecule is CCCCCC(=O)c1ccc2c(c1)N(Cc1ccc(C(C)(C)C)cc1)C(=O)[C@@H](N)CS2.Cl. The van der Waals surface area contributed by atoms with Gasteiger partial charge >= 0.3 is 0 Å². The number of hydrogen-bond donors (Lipinski definition) is 1. The van der Waals surface area contributed by atoms with Crippen molar-refractivity contribution in [3.63, 3.8) is 0 Å². The molecule has 174 valence electrons. The van der Waals surface area contributed by atoms with Gasteiger partial charge in [-0.3, -0.25) is 9.59 Å². The Morgan fingerprint density at radius 3 is 2.44 bits per heavy atom. The topological polar surface area (TPSA) is 63.4 Å². The summed E-state index contributed by atoms with van der Waals surface area (Å²) in [6, 6.07) is 13.6. The average molecular weight is 475 g/mol. The predicted molar refractivity (Wildman–Crippen MR) is 137 cm³/mol. The molecule has 4 nitrogen and oxygen atoms in total. The predicted octanol–water partition coefficient (Wildman–Crippen LogP) is 6.14. The second-order valence-electron chi connectivity index (χ2n) is 9.35. The van der Waals surface area contributed by atoms with Crippen LogP contribution in [-0.4, -0.2) is 23.5 Å². The molecule has 0 unspecified atom stereocenters. The Hall–Kier alpha value is -1.82. The number of nitrogens with zero attached hydrogens (tertiary/aromatic N) is 1. The first-order chi connectivity index (χ1) is 14.7. The molecule has 3 rings (SSSR count). The first kappa shape index (κ1) is 26.4. The number of carbonyl (C=O) groups is 2. The molecule has 2 aromatic carbocycles.